The van der Waals surface area contributed by atoms with E-state index in [1.54, 1.807) is 0 Å². The number of rotatable bonds is 8. The molecule has 0 aromatic carbocycles. The molecule has 34 heavy (non-hydrogen) atoms. The summed E-state index contributed by atoms with van der Waals surface area (Å²) < 4.78 is 75.2. The molecule has 5 rings (SSSR count). The van der Waals surface area contributed by atoms with Crippen LogP contribution in [0, 0.1) is 5.92 Å². The van der Waals surface area contributed by atoms with E-state index in [0.29, 0.717) is 19.3 Å². The van der Waals surface area contributed by atoms with E-state index in [2.05, 4.69) is 0 Å². The van der Waals surface area contributed by atoms with Gasteiger partial charge in [0.25, 0.3) is 0 Å². The smallest absolute Gasteiger partial charge is 0.457 e. The molecule has 0 amide bonds. The van der Waals surface area contributed by atoms with Gasteiger partial charge in [-0.25, -0.2) is 9.59 Å². The predicted molar refractivity (Wildman–Crippen MR) is 112 cm³/mol. The molecule has 194 valence electrons. The highest BCUT2D eigenvalue weighted by Crippen LogP contribution is 2.62. The predicted octanol–water partition coefficient (Wildman–Crippen LogP) is 2.89. The molecule has 4 bridgehead atoms. The van der Waals surface area contributed by atoms with Gasteiger partial charge in [-0.05, 0) is 57.3 Å². The number of hydrogen-bond donors (Lipinski definition) is 2. The minimum absolute atomic E-state index is 0.0711. The number of carbonyl (C=O) groups is 2. The molecule has 4 unspecified atom stereocenters. The molecule has 9 nitrogen and oxygen atoms in total. The number of hydrogen-bond acceptors (Lipinski definition) is 8. The summed E-state index contributed by atoms with van der Waals surface area (Å²) in [6.45, 7) is 1.57. The third-order valence-electron chi connectivity index (χ3n) is 8.04. The van der Waals surface area contributed by atoms with Crippen LogP contribution in [0.15, 0.2) is 0 Å². The third kappa shape index (κ3) is 4.70. The average molecular weight is 511 g/mol. The van der Waals surface area contributed by atoms with Crippen LogP contribution < -0.4 is 0 Å². The number of carbonyl (C=O) groups excluding carboxylic acids is 2. The first-order chi connectivity index (χ1) is 15.7. The fraction of sp³-hybridized carbons (Fsp3) is 0.909. The Morgan fingerprint density at radius 3 is 2.21 bits per heavy atom. The zero-order chi connectivity index (χ0) is 25.0. The highest BCUT2D eigenvalue weighted by molar-refractivity contribution is 7.87. The van der Waals surface area contributed by atoms with Gasteiger partial charge in [-0.3, -0.25) is 4.55 Å². The molecule has 4 atom stereocenters. The second kappa shape index (κ2) is 8.35. The summed E-state index contributed by atoms with van der Waals surface area (Å²) in [4.78, 5) is 24.7. The second-order valence-corrected chi connectivity index (χ2v) is 12.3. The summed E-state index contributed by atoms with van der Waals surface area (Å²) in [5.74, 6) is -3.17. The van der Waals surface area contributed by atoms with Crippen molar-refractivity contribution in [3.05, 3.63) is 0 Å². The molecule has 5 aliphatic carbocycles. The van der Waals surface area contributed by atoms with Gasteiger partial charge in [0.2, 0.25) is 0 Å². The zero-order valence-electron chi connectivity index (χ0n) is 19.2. The maximum atomic E-state index is 13.9. The van der Waals surface area contributed by atoms with Gasteiger partial charge in [0.15, 0.2) is 0 Å². The van der Waals surface area contributed by atoms with Crippen molar-refractivity contribution in [3.8, 4) is 0 Å². The Morgan fingerprint density at radius 2 is 1.62 bits per heavy atom. The van der Waals surface area contributed by atoms with Crippen LogP contribution in [0.2, 0.25) is 0 Å². The van der Waals surface area contributed by atoms with Gasteiger partial charge in [-0.15, -0.1) is 0 Å². The van der Waals surface area contributed by atoms with Crippen molar-refractivity contribution in [3.63, 3.8) is 0 Å². The van der Waals surface area contributed by atoms with Gasteiger partial charge >= 0.3 is 27.3 Å². The van der Waals surface area contributed by atoms with Crippen molar-refractivity contribution in [2.24, 2.45) is 5.92 Å². The van der Waals surface area contributed by atoms with Crippen LogP contribution in [0.3, 0.4) is 0 Å². The Labute approximate surface area is 197 Å². The fourth-order valence-corrected chi connectivity index (χ4v) is 7.31. The van der Waals surface area contributed by atoms with Gasteiger partial charge in [0.1, 0.15) is 17.8 Å². The van der Waals surface area contributed by atoms with E-state index in [1.807, 2.05) is 6.92 Å². The fourth-order valence-electron chi connectivity index (χ4n) is 7.06. The summed E-state index contributed by atoms with van der Waals surface area (Å²) in [6, 6.07) is 0. The third-order valence-corrected chi connectivity index (χ3v) is 8.86. The molecule has 12 heteroatoms. The van der Waals surface area contributed by atoms with Crippen molar-refractivity contribution in [2.45, 2.75) is 112 Å². The van der Waals surface area contributed by atoms with Crippen LogP contribution in [0.1, 0.15) is 84.0 Å². The van der Waals surface area contributed by atoms with Crippen LogP contribution in [-0.4, -0.2) is 64.3 Å². The van der Waals surface area contributed by atoms with E-state index >= 15 is 0 Å². The molecule has 0 aliphatic heterocycles. The maximum Gasteiger partial charge on any atom is 0.465 e. The Balaban J connectivity index is 1.47. The number of halogens is 2. The zero-order valence-corrected chi connectivity index (χ0v) is 20.0. The van der Waals surface area contributed by atoms with Gasteiger partial charge in [0.05, 0.1) is 11.2 Å². The molecule has 0 aromatic heterocycles. The number of aliphatic hydroxyl groups is 1. The summed E-state index contributed by atoms with van der Waals surface area (Å²) in [5, 5.41) is 5.94. The van der Waals surface area contributed by atoms with Crippen LogP contribution in [0.4, 0.5) is 8.78 Å². The first-order valence-electron chi connectivity index (χ1n) is 11.8. The van der Waals surface area contributed by atoms with E-state index in [9.17, 15) is 31.9 Å². The lowest BCUT2D eigenvalue weighted by Gasteiger charge is -2.63. The van der Waals surface area contributed by atoms with Crippen LogP contribution in [-0.2, 0) is 33.9 Å². The molecule has 0 radical (unpaired) electrons. The average Bonchev–Trinajstić information content (AvgIpc) is 2.70. The lowest BCUT2D eigenvalue weighted by atomic mass is 9.50. The molecule has 0 heterocycles. The highest BCUT2D eigenvalue weighted by atomic mass is 32.2. The summed E-state index contributed by atoms with van der Waals surface area (Å²) in [6.07, 6.45) is 6.15. The molecule has 0 spiro atoms. The normalized spacial score (nSPS) is 36.8. The molecule has 0 saturated heterocycles. The van der Waals surface area contributed by atoms with E-state index in [0.717, 1.165) is 32.1 Å². The summed E-state index contributed by atoms with van der Waals surface area (Å²) in [7, 11) is -6.02. The second-order valence-electron chi connectivity index (χ2n) is 10.8. The van der Waals surface area contributed by atoms with Crippen LogP contribution in [0.25, 0.3) is 0 Å². The highest BCUT2D eigenvalue weighted by Gasteiger charge is 2.67. The Morgan fingerprint density at radius 1 is 1.00 bits per heavy atom. The number of alkyl halides is 2. The quantitative estimate of drug-likeness (QED) is 0.373. The van der Waals surface area contributed by atoms with Crippen molar-refractivity contribution < 1.29 is 50.7 Å². The van der Waals surface area contributed by atoms with E-state index in [1.165, 1.54) is 0 Å². The molecule has 5 aliphatic rings. The van der Waals surface area contributed by atoms with Gasteiger partial charge in [-0.2, -0.15) is 17.2 Å². The first-order valence-corrected chi connectivity index (χ1v) is 13.3. The van der Waals surface area contributed by atoms with Gasteiger partial charge in [0, 0.05) is 19.3 Å². The van der Waals surface area contributed by atoms with E-state index in [4.69, 9.17) is 18.8 Å². The molecular formula is C22H32F2O9S. The Hall–Kier alpha value is -1.37. The maximum absolute atomic E-state index is 13.9. The first kappa shape index (κ1) is 25.7. The van der Waals surface area contributed by atoms with E-state index < -0.39 is 56.3 Å². The summed E-state index contributed by atoms with van der Waals surface area (Å²) >= 11 is 0. The van der Waals surface area contributed by atoms with Crippen molar-refractivity contribution in [1.29, 1.82) is 0 Å². The largest absolute Gasteiger partial charge is 0.465 e. The van der Waals surface area contributed by atoms with Crippen LogP contribution >= 0.6 is 0 Å². The number of esters is 2. The van der Waals surface area contributed by atoms with Crippen molar-refractivity contribution in [2.75, 3.05) is 6.61 Å². The lowest BCUT2D eigenvalue weighted by Crippen LogP contribution is -2.68. The molecule has 5 saturated carbocycles. The minimum atomic E-state index is -6.02. The van der Waals surface area contributed by atoms with E-state index in [-0.39, 0.29) is 31.6 Å². The lowest BCUT2D eigenvalue weighted by molar-refractivity contribution is -0.278. The van der Waals surface area contributed by atoms with Crippen LogP contribution in [0.5, 0.6) is 0 Å². The van der Waals surface area contributed by atoms with Crippen molar-refractivity contribution >= 4 is 22.1 Å². The van der Waals surface area contributed by atoms with Crippen molar-refractivity contribution in [1.82, 2.24) is 0 Å². The molecular weight excluding hydrogens is 478 g/mol. The monoisotopic (exact) mass is 510 g/mol. The topological polar surface area (TPSA) is 136 Å². The SMILES string of the molecule is CCC1(OC(=O)COC23CC4CC(O)(C2)CC(OC(=O)C(F)(F)S(=O)(=O)O)(C4)C3)CCCCC1. The molecule has 2 N–H and O–H groups in total. The van der Waals surface area contributed by atoms with Gasteiger partial charge in [-0.1, -0.05) is 13.3 Å². The minimum Gasteiger partial charge on any atom is -0.457 e. The number of ether oxygens (including phenoxy) is 3. The standard InChI is InChI=1S/C22H32F2O9S/c1-2-19(6-4-3-5-7-19)32-16(25)11-31-20-9-15-8-18(27,12-20)13-21(10-15,14-20)33-17(26)22(23,24)34(28,29)30/h15,27H,2-14H2,1H3,(H,28,29,30). The Bertz CT molecular complexity index is 948. The molecule has 0 aromatic rings. The molecule has 5 fully saturated rings. The Kier molecular flexibility index (Phi) is 6.31. The van der Waals surface area contributed by atoms with Gasteiger partial charge < -0.3 is 19.3 Å². The summed E-state index contributed by atoms with van der Waals surface area (Å²) in [5.41, 5.74) is -4.58.